The van der Waals surface area contributed by atoms with Crippen LogP contribution in [0.1, 0.15) is 30.9 Å². The molecule has 0 aliphatic carbocycles. The summed E-state index contributed by atoms with van der Waals surface area (Å²) in [5, 5.41) is 5.04. The van der Waals surface area contributed by atoms with Gasteiger partial charge < -0.3 is 29.6 Å². The lowest BCUT2D eigenvalue weighted by molar-refractivity contribution is -0.156. The Balaban J connectivity index is 1.52. The standard InChI is InChI=1S/C37H45F4N3O9/c1-37(23-53-37)32(47)29(17-25-10-6-3-7-11-25)42-33(48)26(16-24-8-4-2-5-9-24)19-31(46)30(22-52-36(40)41)43-34(49)27(21-51-35(38)39)18-28(45)20-44-12-14-50-15-13-44/h2-11,26-27,29-30,35-36H,12-23H2,1H3,(H,42,48)(H,43,49)/t26-,27+,29+,30+,37-/m1/s1. The fraction of sp³-hybridized carbons (Fsp3) is 0.541. The van der Waals surface area contributed by atoms with Crippen molar-refractivity contribution in [2.75, 3.05) is 52.7 Å². The minimum absolute atomic E-state index is 0.00427. The third-order valence-corrected chi connectivity index (χ3v) is 9.02. The van der Waals surface area contributed by atoms with Crippen molar-refractivity contribution in [1.82, 2.24) is 15.5 Å². The minimum atomic E-state index is -3.34. The van der Waals surface area contributed by atoms with Gasteiger partial charge in [-0.3, -0.25) is 28.9 Å². The number of benzene rings is 2. The number of Topliss-reactive ketones (excluding diaryl/α,β-unsaturated/α-hetero) is 3. The lowest BCUT2D eigenvalue weighted by Gasteiger charge is -2.27. The van der Waals surface area contributed by atoms with Crippen molar-refractivity contribution < 1.29 is 60.5 Å². The average Bonchev–Trinajstić information content (AvgIpc) is 3.89. The van der Waals surface area contributed by atoms with Crippen molar-refractivity contribution >= 4 is 29.2 Å². The highest BCUT2D eigenvalue weighted by Gasteiger charge is 2.50. The number of rotatable bonds is 23. The first-order valence-corrected chi connectivity index (χ1v) is 17.3. The van der Waals surface area contributed by atoms with Crippen LogP contribution in [0.3, 0.4) is 0 Å². The molecule has 2 fully saturated rings. The lowest BCUT2D eigenvalue weighted by atomic mass is 9.89. The first-order valence-electron chi connectivity index (χ1n) is 17.3. The predicted molar refractivity (Wildman–Crippen MR) is 181 cm³/mol. The number of carbonyl (C=O) groups excluding carboxylic acids is 5. The number of carbonyl (C=O) groups is 5. The van der Waals surface area contributed by atoms with Crippen LogP contribution in [0.5, 0.6) is 0 Å². The van der Waals surface area contributed by atoms with Gasteiger partial charge in [-0.25, -0.2) is 0 Å². The van der Waals surface area contributed by atoms with Gasteiger partial charge in [0, 0.05) is 31.8 Å². The van der Waals surface area contributed by atoms with Gasteiger partial charge in [0.25, 0.3) is 0 Å². The highest BCUT2D eigenvalue weighted by molar-refractivity contribution is 5.98. The predicted octanol–water partition coefficient (Wildman–Crippen LogP) is 2.76. The summed E-state index contributed by atoms with van der Waals surface area (Å²) in [5.41, 5.74) is 0.316. The van der Waals surface area contributed by atoms with Gasteiger partial charge in [0.1, 0.15) is 17.4 Å². The fourth-order valence-corrected chi connectivity index (χ4v) is 5.95. The Morgan fingerprint density at radius 3 is 1.85 bits per heavy atom. The smallest absolute Gasteiger partial charge is 0.345 e. The van der Waals surface area contributed by atoms with E-state index in [-0.39, 0.29) is 31.8 Å². The van der Waals surface area contributed by atoms with E-state index in [1.807, 2.05) is 0 Å². The van der Waals surface area contributed by atoms with E-state index in [9.17, 15) is 41.5 Å². The second-order valence-electron chi connectivity index (χ2n) is 13.3. The van der Waals surface area contributed by atoms with E-state index in [0.29, 0.717) is 31.9 Å². The third kappa shape index (κ3) is 14.0. The second-order valence-corrected chi connectivity index (χ2v) is 13.3. The summed E-state index contributed by atoms with van der Waals surface area (Å²) >= 11 is 0. The molecule has 53 heavy (non-hydrogen) atoms. The van der Waals surface area contributed by atoms with Gasteiger partial charge in [-0.05, 0) is 30.9 Å². The molecular weight excluding hydrogens is 706 g/mol. The molecule has 2 aromatic rings. The number of amides is 2. The summed E-state index contributed by atoms with van der Waals surface area (Å²) in [6, 6.07) is 14.8. The quantitative estimate of drug-likeness (QED) is 0.128. The molecule has 0 saturated carbocycles. The molecule has 5 atom stereocenters. The summed E-state index contributed by atoms with van der Waals surface area (Å²) in [4.78, 5) is 69.2. The lowest BCUT2D eigenvalue weighted by Crippen LogP contribution is -2.51. The van der Waals surface area contributed by atoms with Crippen LogP contribution in [-0.4, -0.2) is 118 Å². The van der Waals surface area contributed by atoms with Gasteiger partial charge in [-0.15, -0.1) is 0 Å². The summed E-state index contributed by atoms with van der Waals surface area (Å²) in [5.74, 6) is -6.13. The van der Waals surface area contributed by atoms with Crippen LogP contribution in [0, 0.1) is 11.8 Å². The molecule has 16 heteroatoms. The average molecular weight is 752 g/mol. The molecule has 0 radical (unpaired) electrons. The highest BCUT2D eigenvalue weighted by Crippen LogP contribution is 2.29. The van der Waals surface area contributed by atoms with E-state index in [1.165, 1.54) is 0 Å². The molecule has 2 saturated heterocycles. The number of ketones is 3. The number of morpholine rings is 1. The van der Waals surface area contributed by atoms with Crippen LogP contribution >= 0.6 is 0 Å². The largest absolute Gasteiger partial charge is 0.379 e. The van der Waals surface area contributed by atoms with Gasteiger partial charge in [-0.1, -0.05) is 60.7 Å². The second kappa shape index (κ2) is 20.4. The van der Waals surface area contributed by atoms with Crippen molar-refractivity contribution in [2.45, 2.75) is 63.5 Å². The number of nitrogens with one attached hydrogen (secondary N) is 2. The Hall–Kier alpha value is -4.09. The first kappa shape index (κ1) is 41.7. The number of nitrogens with zero attached hydrogens (tertiary/aromatic N) is 1. The molecule has 0 spiro atoms. The molecule has 0 unspecified atom stereocenters. The normalized spacial score (nSPS) is 19.6. The molecule has 0 bridgehead atoms. The van der Waals surface area contributed by atoms with Crippen molar-refractivity contribution in [3.63, 3.8) is 0 Å². The minimum Gasteiger partial charge on any atom is -0.379 e. The van der Waals surface area contributed by atoms with E-state index in [4.69, 9.17) is 9.47 Å². The molecular formula is C37H45F4N3O9. The van der Waals surface area contributed by atoms with E-state index < -0.39 is 92.2 Å². The zero-order valence-electron chi connectivity index (χ0n) is 29.4. The Morgan fingerprint density at radius 2 is 1.28 bits per heavy atom. The van der Waals surface area contributed by atoms with Crippen LogP contribution in [0.4, 0.5) is 17.6 Å². The van der Waals surface area contributed by atoms with E-state index >= 15 is 0 Å². The van der Waals surface area contributed by atoms with E-state index in [1.54, 1.807) is 72.5 Å². The Labute approximate surface area is 304 Å². The Morgan fingerprint density at radius 1 is 0.755 bits per heavy atom. The van der Waals surface area contributed by atoms with Gasteiger partial charge in [0.05, 0.1) is 51.5 Å². The number of epoxide rings is 1. The molecule has 2 N–H and O–H groups in total. The van der Waals surface area contributed by atoms with Crippen LogP contribution < -0.4 is 10.6 Å². The van der Waals surface area contributed by atoms with Crippen molar-refractivity contribution in [3.05, 3.63) is 71.8 Å². The monoisotopic (exact) mass is 751 g/mol. The van der Waals surface area contributed by atoms with Crippen LogP contribution in [0.2, 0.25) is 0 Å². The van der Waals surface area contributed by atoms with E-state index in [0.717, 1.165) is 5.56 Å². The number of hydrogen-bond donors (Lipinski definition) is 2. The molecule has 4 rings (SSSR count). The van der Waals surface area contributed by atoms with Crippen LogP contribution in [0.25, 0.3) is 0 Å². The molecule has 2 aliphatic rings. The third-order valence-electron chi connectivity index (χ3n) is 9.02. The molecule has 290 valence electrons. The van der Waals surface area contributed by atoms with Crippen molar-refractivity contribution in [1.29, 1.82) is 0 Å². The maximum Gasteiger partial charge on any atom is 0.345 e. The number of ether oxygens (including phenoxy) is 4. The fourth-order valence-electron chi connectivity index (χ4n) is 5.95. The van der Waals surface area contributed by atoms with Crippen molar-refractivity contribution in [3.8, 4) is 0 Å². The maximum atomic E-state index is 14.0. The summed E-state index contributed by atoms with van der Waals surface area (Å²) in [6.07, 6.45) is -1.00. The zero-order chi connectivity index (χ0) is 38.4. The van der Waals surface area contributed by atoms with Gasteiger partial charge in [-0.2, -0.15) is 17.6 Å². The molecule has 2 amide bonds. The molecule has 12 nitrogen and oxygen atoms in total. The van der Waals surface area contributed by atoms with Gasteiger partial charge in [0.15, 0.2) is 11.6 Å². The van der Waals surface area contributed by atoms with Crippen LogP contribution in [-0.2, 0) is 55.8 Å². The SMILES string of the molecule is C[C@]1(C(=O)[C@H](Cc2ccccc2)NC(=O)[C@@H](CC(=O)[C@H](COC(F)F)NC(=O)[C@H](COC(F)F)CC(=O)CN2CCOCC2)Cc2ccccc2)CO1. The first-order chi connectivity index (χ1) is 25.3. The molecule has 2 heterocycles. The summed E-state index contributed by atoms with van der Waals surface area (Å²) in [6.45, 7) is -5.16. The van der Waals surface area contributed by atoms with Gasteiger partial charge in [0.2, 0.25) is 11.8 Å². The molecule has 2 aliphatic heterocycles. The maximum absolute atomic E-state index is 14.0. The van der Waals surface area contributed by atoms with Crippen LogP contribution in [0.15, 0.2) is 60.7 Å². The van der Waals surface area contributed by atoms with E-state index in [2.05, 4.69) is 20.1 Å². The Bertz CT molecular complexity index is 1510. The number of halogens is 4. The summed E-state index contributed by atoms with van der Waals surface area (Å²) < 4.78 is 71.8. The highest BCUT2D eigenvalue weighted by atomic mass is 19.3. The van der Waals surface area contributed by atoms with Gasteiger partial charge >= 0.3 is 13.2 Å². The topological polar surface area (TPSA) is 153 Å². The van der Waals surface area contributed by atoms with Crippen molar-refractivity contribution in [2.24, 2.45) is 11.8 Å². The molecule has 0 aromatic heterocycles. The zero-order valence-corrected chi connectivity index (χ0v) is 29.4. The Kier molecular flexibility index (Phi) is 16.0. The molecule has 2 aromatic carbocycles. The number of alkyl halides is 4. The number of hydrogen-bond acceptors (Lipinski definition) is 10. The summed E-state index contributed by atoms with van der Waals surface area (Å²) in [7, 11) is 0.